The number of nitrogen functional groups attached to an aromatic ring is 1. The van der Waals surface area contributed by atoms with Crippen LogP contribution in [0.3, 0.4) is 0 Å². The lowest BCUT2D eigenvalue weighted by atomic mass is 9.92. The SMILES string of the molecule is COCC1Cc2c(c(N)cc(C)c2-c2ccncc2)O1. The molecule has 4 nitrogen and oxygen atoms in total. The van der Waals surface area contributed by atoms with Crippen LogP contribution in [0.5, 0.6) is 5.75 Å². The zero-order valence-corrected chi connectivity index (χ0v) is 11.7. The number of aromatic nitrogens is 1. The summed E-state index contributed by atoms with van der Waals surface area (Å²) < 4.78 is 11.1. The van der Waals surface area contributed by atoms with Crippen molar-refractivity contribution < 1.29 is 9.47 Å². The van der Waals surface area contributed by atoms with Crippen LogP contribution in [-0.4, -0.2) is 24.8 Å². The maximum absolute atomic E-state index is 6.10. The molecular weight excluding hydrogens is 252 g/mol. The van der Waals surface area contributed by atoms with Gasteiger partial charge in [0.05, 0.1) is 12.3 Å². The summed E-state index contributed by atoms with van der Waals surface area (Å²) in [6, 6.07) is 6.01. The highest BCUT2D eigenvalue weighted by atomic mass is 16.5. The Bertz CT molecular complexity index is 626. The second-order valence-electron chi connectivity index (χ2n) is 5.10. The van der Waals surface area contributed by atoms with Gasteiger partial charge in [-0.1, -0.05) is 0 Å². The highest BCUT2D eigenvalue weighted by molar-refractivity contribution is 5.79. The van der Waals surface area contributed by atoms with Gasteiger partial charge < -0.3 is 15.2 Å². The summed E-state index contributed by atoms with van der Waals surface area (Å²) in [5.41, 5.74) is 11.5. The second kappa shape index (κ2) is 5.13. The van der Waals surface area contributed by atoms with Crippen molar-refractivity contribution in [2.45, 2.75) is 19.4 Å². The number of benzene rings is 1. The van der Waals surface area contributed by atoms with E-state index >= 15 is 0 Å². The number of pyridine rings is 1. The van der Waals surface area contributed by atoms with E-state index in [0.717, 1.165) is 23.3 Å². The molecule has 0 radical (unpaired) electrons. The Morgan fingerprint density at radius 2 is 2.15 bits per heavy atom. The molecule has 2 heterocycles. The predicted molar refractivity (Wildman–Crippen MR) is 78.8 cm³/mol. The van der Waals surface area contributed by atoms with E-state index in [9.17, 15) is 0 Å². The number of ether oxygens (including phenoxy) is 2. The number of anilines is 1. The Hall–Kier alpha value is -2.07. The molecule has 0 spiro atoms. The largest absolute Gasteiger partial charge is 0.485 e. The van der Waals surface area contributed by atoms with Gasteiger partial charge in [-0.3, -0.25) is 4.98 Å². The maximum atomic E-state index is 6.10. The number of rotatable bonds is 3. The molecule has 1 atom stereocenters. The number of hydrogen-bond acceptors (Lipinski definition) is 4. The van der Waals surface area contributed by atoms with Gasteiger partial charge in [0.1, 0.15) is 11.9 Å². The molecule has 0 bridgehead atoms. The topological polar surface area (TPSA) is 57.4 Å². The van der Waals surface area contributed by atoms with E-state index in [2.05, 4.69) is 11.9 Å². The minimum absolute atomic E-state index is 0.0414. The standard InChI is InChI=1S/C16H18N2O2/c1-10-7-14(17)16-13(8-12(20-16)9-19-2)15(10)11-3-5-18-6-4-11/h3-7,12H,8-9,17H2,1-2H3. The first-order chi connectivity index (χ1) is 9.70. The Morgan fingerprint density at radius 3 is 2.85 bits per heavy atom. The number of hydrogen-bond donors (Lipinski definition) is 1. The molecule has 4 heteroatoms. The highest BCUT2D eigenvalue weighted by Gasteiger charge is 2.28. The van der Waals surface area contributed by atoms with Crippen LogP contribution < -0.4 is 10.5 Å². The molecule has 1 aromatic carbocycles. The fraction of sp³-hybridized carbons (Fsp3) is 0.312. The van der Waals surface area contributed by atoms with Crippen LogP contribution in [0, 0.1) is 6.92 Å². The van der Waals surface area contributed by atoms with Crippen LogP contribution in [-0.2, 0) is 11.2 Å². The fourth-order valence-corrected chi connectivity index (χ4v) is 2.87. The summed E-state index contributed by atoms with van der Waals surface area (Å²) in [4.78, 5) is 4.08. The number of nitrogens with zero attached hydrogens (tertiary/aromatic N) is 1. The molecule has 20 heavy (non-hydrogen) atoms. The molecule has 104 valence electrons. The van der Waals surface area contributed by atoms with Gasteiger partial charge in [-0.15, -0.1) is 0 Å². The molecule has 1 unspecified atom stereocenters. The number of aryl methyl sites for hydroxylation is 1. The molecule has 0 fully saturated rings. The minimum Gasteiger partial charge on any atom is -0.485 e. The van der Waals surface area contributed by atoms with E-state index in [-0.39, 0.29) is 6.10 Å². The monoisotopic (exact) mass is 270 g/mol. The average Bonchev–Trinajstić information content (AvgIpc) is 2.84. The van der Waals surface area contributed by atoms with Crippen molar-refractivity contribution in [3.63, 3.8) is 0 Å². The molecule has 1 aliphatic rings. The third-order valence-corrected chi connectivity index (χ3v) is 3.64. The van der Waals surface area contributed by atoms with Crippen molar-refractivity contribution in [1.29, 1.82) is 0 Å². The van der Waals surface area contributed by atoms with Gasteiger partial charge in [0, 0.05) is 31.5 Å². The number of fused-ring (bicyclic) bond motifs is 1. The third kappa shape index (κ3) is 2.12. The summed E-state index contributed by atoms with van der Waals surface area (Å²) in [5.74, 6) is 0.810. The summed E-state index contributed by atoms with van der Waals surface area (Å²) in [6.45, 7) is 2.65. The normalized spacial score (nSPS) is 16.8. The van der Waals surface area contributed by atoms with Crippen molar-refractivity contribution in [3.05, 3.63) is 41.7 Å². The van der Waals surface area contributed by atoms with E-state index < -0.39 is 0 Å². The molecule has 2 N–H and O–H groups in total. The van der Waals surface area contributed by atoms with Crippen molar-refractivity contribution >= 4 is 5.69 Å². The first-order valence-electron chi connectivity index (χ1n) is 6.68. The van der Waals surface area contributed by atoms with Crippen LogP contribution in [0.15, 0.2) is 30.6 Å². The average molecular weight is 270 g/mol. The molecule has 3 rings (SSSR count). The van der Waals surface area contributed by atoms with Gasteiger partial charge in [-0.2, -0.15) is 0 Å². The van der Waals surface area contributed by atoms with Crippen LogP contribution >= 0.6 is 0 Å². The first-order valence-corrected chi connectivity index (χ1v) is 6.68. The lowest BCUT2D eigenvalue weighted by Gasteiger charge is -2.13. The van der Waals surface area contributed by atoms with E-state index in [1.165, 1.54) is 11.1 Å². The molecule has 0 amide bonds. The molecule has 2 aromatic rings. The summed E-state index contributed by atoms with van der Waals surface area (Å²) in [5, 5.41) is 0. The van der Waals surface area contributed by atoms with E-state index in [0.29, 0.717) is 12.3 Å². The second-order valence-corrected chi connectivity index (χ2v) is 5.10. The molecule has 1 aromatic heterocycles. The van der Waals surface area contributed by atoms with E-state index in [1.54, 1.807) is 19.5 Å². The molecule has 0 saturated heterocycles. The first kappa shape index (κ1) is 12.9. The van der Waals surface area contributed by atoms with Crippen molar-refractivity contribution in [2.24, 2.45) is 0 Å². The third-order valence-electron chi connectivity index (χ3n) is 3.64. The van der Waals surface area contributed by atoms with Gasteiger partial charge in [-0.05, 0) is 41.8 Å². The molecule has 1 aliphatic heterocycles. The van der Waals surface area contributed by atoms with E-state index in [4.69, 9.17) is 15.2 Å². The zero-order chi connectivity index (χ0) is 14.1. The number of methoxy groups -OCH3 is 1. The minimum atomic E-state index is 0.0414. The van der Waals surface area contributed by atoms with E-state index in [1.807, 2.05) is 18.2 Å². The van der Waals surface area contributed by atoms with Crippen molar-refractivity contribution in [2.75, 3.05) is 19.5 Å². The van der Waals surface area contributed by atoms with Crippen molar-refractivity contribution in [3.8, 4) is 16.9 Å². The summed E-state index contributed by atoms with van der Waals surface area (Å²) in [6.07, 6.45) is 4.48. The predicted octanol–water partition coefficient (Wildman–Crippen LogP) is 2.59. The Kier molecular flexibility index (Phi) is 3.32. The van der Waals surface area contributed by atoms with Crippen LogP contribution in [0.1, 0.15) is 11.1 Å². The maximum Gasteiger partial charge on any atom is 0.146 e. The summed E-state index contributed by atoms with van der Waals surface area (Å²) >= 11 is 0. The smallest absolute Gasteiger partial charge is 0.146 e. The van der Waals surface area contributed by atoms with Crippen molar-refractivity contribution in [1.82, 2.24) is 4.98 Å². The molecular formula is C16H18N2O2. The lowest BCUT2D eigenvalue weighted by Crippen LogP contribution is -2.19. The number of nitrogens with two attached hydrogens (primary N) is 1. The summed E-state index contributed by atoms with van der Waals surface area (Å²) in [7, 11) is 1.69. The Morgan fingerprint density at radius 1 is 1.40 bits per heavy atom. The van der Waals surface area contributed by atoms with Gasteiger partial charge in [-0.25, -0.2) is 0 Å². The van der Waals surface area contributed by atoms with Gasteiger partial charge in [0.15, 0.2) is 0 Å². The van der Waals surface area contributed by atoms with Gasteiger partial charge in [0.25, 0.3) is 0 Å². The Labute approximate surface area is 118 Å². The lowest BCUT2D eigenvalue weighted by molar-refractivity contribution is 0.0955. The zero-order valence-electron chi connectivity index (χ0n) is 11.7. The molecule has 0 aliphatic carbocycles. The van der Waals surface area contributed by atoms with Crippen LogP contribution in [0.25, 0.3) is 11.1 Å². The molecule has 0 saturated carbocycles. The van der Waals surface area contributed by atoms with Gasteiger partial charge >= 0.3 is 0 Å². The van der Waals surface area contributed by atoms with Crippen LogP contribution in [0.4, 0.5) is 5.69 Å². The van der Waals surface area contributed by atoms with Gasteiger partial charge in [0.2, 0.25) is 0 Å². The Balaban J connectivity index is 2.11. The fourth-order valence-electron chi connectivity index (χ4n) is 2.87. The highest BCUT2D eigenvalue weighted by Crippen LogP contribution is 2.43. The van der Waals surface area contributed by atoms with Crippen LogP contribution in [0.2, 0.25) is 0 Å². The quantitative estimate of drug-likeness (QED) is 0.871.